The van der Waals surface area contributed by atoms with E-state index in [4.69, 9.17) is 5.11 Å². The van der Waals surface area contributed by atoms with E-state index in [0.717, 1.165) is 25.9 Å². The van der Waals surface area contributed by atoms with Crippen molar-refractivity contribution in [3.05, 3.63) is 29.8 Å². The second-order valence-corrected chi connectivity index (χ2v) is 5.17. The van der Waals surface area contributed by atoms with Crippen LogP contribution in [0.25, 0.3) is 0 Å². The van der Waals surface area contributed by atoms with Crippen LogP contribution < -0.4 is 10.2 Å². The van der Waals surface area contributed by atoms with Gasteiger partial charge < -0.3 is 15.3 Å². The highest BCUT2D eigenvalue weighted by Gasteiger charge is 2.20. The summed E-state index contributed by atoms with van der Waals surface area (Å²) in [5.74, 6) is -0.737. The van der Waals surface area contributed by atoms with Gasteiger partial charge in [0.05, 0.1) is 6.42 Å². The number of aryl methyl sites for hydroxylation is 1. The molecule has 1 aromatic rings. The van der Waals surface area contributed by atoms with Gasteiger partial charge in [0.25, 0.3) is 0 Å². The van der Waals surface area contributed by atoms with E-state index >= 15 is 0 Å². The molecule has 1 aliphatic rings. The quantitative estimate of drug-likeness (QED) is 0.852. The number of carbonyl (C=O) groups is 1. The summed E-state index contributed by atoms with van der Waals surface area (Å²) >= 11 is 0. The molecular formula is C15H22N2O2. The Bertz CT molecular complexity index is 434. The Morgan fingerprint density at radius 2 is 2.26 bits per heavy atom. The van der Waals surface area contributed by atoms with Gasteiger partial charge in [0.1, 0.15) is 0 Å². The number of hydrogen-bond acceptors (Lipinski definition) is 3. The lowest BCUT2D eigenvalue weighted by Gasteiger charge is -2.35. The lowest BCUT2D eigenvalue weighted by Crippen LogP contribution is -2.46. The lowest BCUT2D eigenvalue weighted by atomic mass is 10.0. The fourth-order valence-corrected chi connectivity index (χ4v) is 2.66. The molecule has 2 N–H and O–H groups in total. The molecule has 0 amide bonds. The molecular weight excluding hydrogens is 240 g/mol. The van der Waals surface area contributed by atoms with Crippen molar-refractivity contribution in [1.82, 2.24) is 5.32 Å². The number of nitrogens with one attached hydrogen (secondary N) is 1. The molecule has 4 heteroatoms. The molecule has 19 heavy (non-hydrogen) atoms. The van der Waals surface area contributed by atoms with Crippen LogP contribution in [0.15, 0.2) is 24.3 Å². The number of aliphatic carboxylic acids is 1. The number of carboxylic acid groups (broad SMARTS) is 1. The summed E-state index contributed by atoms with van der Waals surface area (Å²) in [5, 5.41) is 12.0. The zero-order valence-corrected chi connectivity index (χ0v) is 11.4. The Balaban J connectivity index is 1.90. The topological polar surface area (TPSA) is 52.6 Å². The Hall–Kier alpha value is -1.55. The number of benzene rings is 1. The highest BCUT2D eigenvalue weighted by molar-refractivity contribution is 5.66. The van der Waals surface area contributed by atoms with E-state index in [-0.39, 0.29) is 6.42 Å². The van der Waals surface area contributed by atoms with Crippen molar-refractivity contribution in [3.8, 4) is 0 Å². The summed E-state index contributed by atoms with van der Waals surface area (Å²) in [7, 11) is 0. The highest BCUT2D eigenvalue weighted by Crippen LogP contribution is 2.23. The predicted octanol–water partition coefficient (Wildman–Crippen LogP) is 2.03. The van der Waals surface area contributed by atoms with Gasteiger partial charge in [-0.1, -0.05) is 18.2 Å². The maximum atomic E-state index is 10.5. The lowest BCUT2D eigenvalue weighted by molar-refractivity contribution is -0.136. The zero-order valence-electron chi connectivity index (χ0n) is 11.4. The third-order valence-electron chi connectivity index (χ3n) is 3.65. The summed E-state index contributed by atoms with van der Waals surface area (Å²) in [6.07, 6.45) is 2.47. The normalized spacial score (nSPS) is 19.4. The number of anilines is 1. The number of para-hydroxylation sites is 1. The Morgan fingerprint density at radius 1 is 1.47 bits per heavy atom. The van der Waals surface area contributed by atoms with Gasteiger partial charge in [0, 0.05) is 31.4 Å². The second-order valence-electron chi connectivity index (χ2n) is 5.17. The zero-order chi connectivity index (χ0) is 13.7. The van der Waals surface area contributed by atoms with Gasteiger partial charge >= 0.3 is 5.97 Å². The first-order chi connectivity index (χ1) is 9.16. The molecule has 0 radical (unpaired) electrons. The maximum Gasteiger partial charge on any atom is 0.304 e. The number of hydrogen-bond donors (Lipinski definition) is 2. The van der Waals surface area contributed by atoms with Crippen LogP contribution in [0, 0.1) is 6.92 Å². The molecule has 1 saturated heterocycles. The molecule has 0 bridgehead atoms. The van der Waals surface area contributed by atoms with Crippen molar-refractivity contribution < 1.29 is 9.90 Å². The summed E-state index contributed by atoms with van der Waals surface area (Å²) in [6, 6.07) is 8.83. The van der Waals surface area contributed by atoms with Crippen LogP contribution in [-0.2, 0) is 4.79 Å². The Kier molecular flexibility index (Phi) is 4.80. The van der Waals surface area contributed by atoms with Crippen LogP contribution in [0.2, 0.25) is 0 Å². The van der Waals surface area contributed by atoms with E-state index in [0.29, 0.717) is 12.6 Å². The van der Waals surface area contributed by atoms with Crippen molar-refractivity contribution in [2.24, 2.45) is 0 Å². The number of nitrogens with zero attached hydrogens (tertiary/aromatic N) is 1. The predicted molar refractivity (Wildman–Crippen MR) is 76.7 cm³/mol. The van der Waals surface area contributed by atoms with Crippen LogP contribution in [0.3, 0.4) is 0 Å². The number of piperidine rings is 1. The molecule has 1 atom stereocenters. The standard InChI is InChI=1S/C15H22N2O2/c1-12-5-2-3-7-14(12)17-10-4-6-13(11-17)16-9-8-15(18)19/h2-3,5,7,13,16H,4,6,8-11H2,1H3,(H,18,19). The summed E-state index contributed by atoms with van der Waals surface area (Å²) in [4.78, 5) is 12.9. The smallest absolute Gasteiger partial charge is 0.304 e. The van der Waals surface area contributed by atoms with Crippen molar-refractivity contribution in [2.75, 3.05) is 24.5 Å². The summed E-state index contributed by atoms with van der Waals surface area (Å²) in [6.45, 7) is 4.74. The van der Waals surface area contributed by atoms with Crippen molar-refractivity contribution in [2.45, 2.75) is 32.2 Å². The molecule has 1 heterocycles. The van der Waals surface area contributed by atoms with Gasteiger partial charge in [-0.3, -0.25) is 4.79 Å². The molecule has 1 fully saturated rings. The highest BCUT2D eigenvalue weighted by atomic mass is 16.4. The van der Waals surface area contributed by atoms with Crippen LogP contribution in [0.4, 0.5) is 5.69 Å². The minimum absolute atomic E-state index is 0.195. The molecule has 0 aliphatic carbocycles. The van der Waals surface area contributed by atoms with Crippen molar-refractivity contribution in [3.63, 3.8) is 0 Å². The number of carboxylic acids is 1. The molecule has 4 nitrogen and oxygen atoms in total. The van der Waals surface area contributed by atoms with Gasteiger partial charge in [0.2, 0.25) is 0 Å². The first kappa shape index (κ1) is 13.9. The molecule has 0 saturated carbocycles. The minimum atomic E-state index is -0.737. The fourth-order valence-electron chi connectivity index (χ4n) is 2.66. The van der Waals surface area contributed by atoms with E-state index < -0.39 is 5.97 Å². The molecule has 104 valence electrons. The van der Waals surface area contributed by atoms with E-state index in [2.05, 4.69) is 41.4 Å². The second kappa shape index (κ2) is 6.57. The average Bonchev–Trinajstić information content (AvgIpc) is 2.39. The first-order valence-corrected chi connectivity index (χ1v) is 6.92. The summed E-state index contributed by atoms with van der Waals surface area (Å²) in [5.41, 5.74) is 2.60. The van der Waals surface area contributed by atoms with E-state index in [1.165, 1.54) is 11.3 Å². The van der Waals surface area contributed by atoms with Crippen LogP contribution in [-0.4, -0.2) is 36.8 Å². The van der Waals surface area contributed by atoms with Crippen LogP contribution in [0.1, 0.15) is 24.8 Å². The summed E-state index contributed by atoms with van der Waals surface area (Å²) < 4.78 is 0. The van der Waals surface area contributed by atoms with Crippen molar-refractivity contribution >= 4 is 11.7 Å². The van der Waals surface area contributed by atoms with Gasteiger partial charge in [-0.2, -0.15) is 0 Å². The third-order valence-corrected chi connectivity index (χ3v) is 3.65. The first-order valence-electron chi connectivity index (χ1n) is 6.92. The van der Waals surface area contributed by atoms with E-state index in [1.54, 1.807) is 0 Å². The molecule has 2 rings (SSSR count). The van der Waals surface area contributed by atoms with Gasteiger partial charge in [-0.05, 0) is 31.4 Å². The van der Waals surface area contributed by atoms with Gasteiger partial charge in [-0.25, -0.2) is 0 Å². The average molecular weight is 262 g/mol. The maximum absolute atomic E-state index is 10.5. The fraction of sp³-hybridized carbons (Fsp3) is 0.533. The van der Waals surface area contributed by atoms with Crippen molar-refractivity contribution in [1.29, 1.82) is 0 Å². The SMILES string of the molecule is Cc1ccccc1N1CCCC(NCCC(=O)O)C1. The molecule has 1 aliphatic heterocycles. The number of rotatable bonds is 5. The van der Waals surface area contributed by atoms with E-state index in [1.807, 2.05) is 0 Å². The third kappa shape index (κ3) is 3.96. The molecule has 0 spiro atoms. The van der Waals surface area contributed by atoms with Gasteiger partial charge in [0.15, 0.2) is 0 Å². The Labute approximate surface area is 114 Å². The van der Waals surface area contributed by atoms with Gasteiger partial charge in [-0.15, -0.1) is 0 Å². The molecule has 1 aromatic carbocycles. The monoisotopic (exact) mass is 262 g/mol. The minimum Gasteiger partial charge on any atom is -0.481 e. The Morgan fingerprint density at radius 3 is 3.00 bits per heavy atom. The van der Waals surface area contributed by atoms with Crippen LogP contribution >= 0.6 is 0 Å². The largest absolute Gasteiger partial charge is 0.481 e. The van der Waals surface area contributed by atoms with E-state index in [9.17, 15) is 4.79 Å². The molecule has 1 unspecified atom stereocenters. The van der Waals surface area contributed by atoms with Crippen LogP contribution in [0.5, 0.6) is 0 Å². The molecule has 0 aromatic heterocycles.